The lowest BCUT2D eigenvalue weighted by atomic mass is 10.1. The zero-order chi connectivity index (χ0) is 12.5. The molecule has 1 aromatic rings. The molecule has 0 spiro atoms. The van der Waals surface area contributed by atoms with Gasteiger partial charge in [-0.2, -0.15) is 0 Å². The minimum absolute atomic E-state index is 0.352. The van der Waals surface area contributed by atoms with Gasteiger partial charge in [0.15, 0.2) is 0 Å². The highest BCUT2D eigenvalue weighted by Crippen LogP contribution is 2.07. The number of esters is 1. The summed E-state index contributed by atoms with van der Waals surface area (Å²) < 4.78 is 9.90. The smallest absolute Gasteiger partial charge is 0.330 e. The largest absolute Gasteiger partial charge is 0.466 e. The molecule has 0 bridgehead atoms. The van der Waals surface area contributed by atoms with Crippen LogP contribution in [0.3, 0.4) is 0 Å². The monoisotopic (exact) mass is 298 g/mol. The van der Waals surface area contributed by atoms with Crippen molar-refractivity contribution < 1.29 is 14.3 Å². The lowest BCUT2D eigenvalue weighted by Crippen LogP contribution is -1.96. The van der Waals surface area contributed by atoms with E-state index in [1.54, 1.807) is 6.08 Å². The van der Waals surface area contributed by atoms with Crippen LogP contribution in [0.5, 0.6) is 0 Å². The Morgan fingerprint density at radius 3 is 2.65 bits per heavy atom. The zero-order valence-corrected chi connectivity index (χ0v) is 11.3. The van der Waals surface area contributed by atoms with Crippen molar-refractivity contribution >= 4 is 28.0 Å². The third-order valence-electron chi connectivity index (χ3n) is 2.08. The molecule has 0 heterocycles. The first-order valence-corrected chi connectivity index (χ1v) is 6.37. The lowest BCUT2D eigenvalue weighted by molar-refractivity contribution is -0.134. The van der Waals surface area contributed by atoms with Crippen molar-refractivity contribution in [2.45, 2.75) is 6.61 Å². The van der Waals surface area contributed by atoms with Crippen molar-refractivity contribution in [3.8, 4) is 0 Å². The highest BCUT2D eigenvalue weighted by molar-refractivity contribution is 9.09. The standard InChI is InChI=1S/C13H15BrO3/c1-16-13(15)7-6-11-2-4-12(5-3-11)10-17-9-8-14/h2-7H,8-10H2,1H3/b7-6+. The minimum atomic E-state index is -0.352. The topological polar surface area (TPSA) is 35.5 Å². The van der Waals surface area contributed by atoms with E-state index >= 15 is 0 Å². The van der Waals surface area contributed by atoms with Gasteiger partial charge in [-0.05, 0) is 17.2 Å². The molecule has 0 unspecified atom stereocenters. The van der Waals surface area contributed by atoms with Gasteiger partial charge in [0.1, 0.15) is 0 Å². The van der Waals surface area contributed by atoms with Gasteiger partial charge >= 0.3 is 5.97 Å². The van der Waals surface area contributed by atoms with Gasteiger partial charge in [-0.1, -0.05) is 40.2 Å². The van der Waals surface area contributed by atoms with E-state index in [0.717, 1.165) is 16.5 Å². The first kappa shape index (κ1) is 13.9. The molecule has 4 heteroatoms. The number of alkyl halides is 1. The highest BCUT2D eigenvalue weighted by Gasteiger charge is 1.94. The molecule has 0 aliphatic rings. The molecular weight excluding hydrogens is 284 g/mol. The van der Waals surface area contributed by atoms with E-state index in [1.807, 2.05) is 24.3 Å². The number of halogens is 1. The van der Waals surface area contributed by atoms with E-state index in [1.165, 1.54) is 13.2 Å². The van der Waals surface area contributed by atoms with Crippen molar-refractivity contribution in [2.75, 3.05) is 19.0 Å². The molecule has 0 aliphatic heterocycles. The van der Waals surface area contributed by atoms with Gasteiger partial charge in [0.05, 0.1) is 20.3 Å². The molecular formula is C13H15BrO3. The van der Waals surface area contributed by atoms with Crippen molar-refractivity contribution in [3.05, 3.63) is 41.5 Å². The van der Waals surface area contributed by atoms with Gasteiger partial charge in [0.25, 0.3) is 0 Å². The van der Waals surface area contributed by atoms with Crippen LogP contribution >= 0.6 is 15.9 Å². The van der Waals surface area contributed by atoms with Crippen LogP contribution < -0.4 is 0 Å². The molecule has 1 aromatic carbocycles. The summed E-state index contributed by atoms with van der Waals surface area (Å²) in [6.45, 7) is 1.30. The Bertz CT molecular complexity index is 371. The fourth-order valence-corrected chi connectivity index (χ4v) is 1.43. The van der Waals surface area contributed by atoms with E-state index < -0.39 is 0 Å². The van der Waals surface area contributed by atoms with E-state index in [2.05, 4.69) is 20.7 Å². The van der Waals surface area contributed by atoms with Crippen LogP contribution in [0, 0.1) is 0 Å². The van der Waals surface area contributed by atoms with Gasteiger partial charge in [0, 0.05) is 11.4 Å². The van der Waals surface area contributed by atoms with E-state index in [0.29, 0.717) is 13.2 Å². The first-order valence-electron chi connectivity index (χ1n) is 5.25. The van der Waals surface area contributed by atoms with E-state index in [9.17, 15) is 4.79 Å². The summed E-state index contributed by atoms with van der Waals surface area (Å²) in [4.78, 5) is 10.9. The van der Waals surface area contributed by atoms with Crippen molar-refractivity contribution in [2.24, 2.45) is 0 Å². The molecule has 3 nitrogen and oxygen atoms in total. The maximum Gasteiger partial charge on any atom is 0.330 e. The molecule has 1 rings (SSSR count). The molecule has 0 radical (unpaired) electrons. The average molecular weight is 299 g/mol. The predicted octanol–water partition coefficient (Wildman–Crippen LogP) is 2.78. The second kappa shape index (κ2) is 8.03. The lowest BCUT2D eigenvalue weighted by Gasteiger charge is -2.02. The summed E-state index contributed by atoms with van der Waals surface area (Å²) in [5.41, 5.74) is 2.07. The summed E-state index contributed by atoms with van der Waals surface area (Å²) in [7, 11) is 1.36. The zero-order valence-electron chi connectivity index (χ0n) is 9.69. The third kappa shape index (κ3) is 5.65. The number of ether oxygens (including phenoxy) is 2. The van der Waals surface area contributed by atoms with Crippen molar-refractivity contribution in [1.29, 1.82) is 0 Å². The Morgan fingerprint density at radius 1 is 1.35 bits per heavy atom. The number of hydrogen-bond donors (Lipinski definition) is 0. The molecule has 0 atom stereocenters. The summed E-state index contributed by atoms with van der Waals surface area (Å²) in [5.74, 6) is -0.352. The van der Waals surface area contributed by atoms with Crippen molar-refractivity contribution in [3.63, 3.8) is 0 Å². The molecule has 0 saturated carbocycles. The van der Waals surface area contributed by atoms with Gasteiger partial charge < -0.3 is 9.47 Å². The second-order valence-electron chi connectivity index (χ2n) is 3.34. The molecule has 17 heavy (non-hydrogen) atoms. The number of carbonyl (C=O) groups excluding carboxylic acids is 1. The van der Waals surface area contributed by atoms with Crippen LogP contribution in [0.4, 0.5) is 0 Å². The van der Waals surface area contributed by atoms with Gasteiger partial charge in [-0.25, -0.2) is 4.79 Å². The maximum absolute atomic E-state index is 10.9. The Balaban J connectivity index is 2.50. The minimum Gasteiger partial charge on any atom is -0.466 e. The predicted molar refractivity (Wildman–Crippen MR) is 70.9 cm³/mol. The highest BCUT2D eigenvalue weighted by atomic mass is 79.9. The molecule has 0 saturated heterocycles. The summed E-state index contributed by atoms with van der Waals surface area (Å²) in [6.07, 6.45) is 3.12. The molecule has 0 fully saturated rings. The summed E-state index contributed by atoms with van der Waals surface area (Å²) in [5, 5.41) is 0.840. The third-order valence-corrected chi connectivity index (χ3v) is 2.41. The van der Waals surface area contributed by atoms with Crippen LogP contribution in [-0.4, -0.2) is 25.0 Å². The van der Waals surface area contributed by atoms with Gasteiger partial charge in [0.2, 0.25) is 0 Å². The molecule has 92 valence electrons. The van der Waals surface area contributed by atoms with Crippen LogP contribution in [0.15, 0.2) is 30.3 Å². The van der Waals surface area contributed by atoms with Crippen LogP contribution in [0.2, 0.25) is 0 Å². The van der Waals surface area contributed by atoms with Crippen LogP contribution in [-0.2, 0) is 20.9 Å². The Hall–Kier alpha value is -1.13. The number of methoxy groups -OCH3 is 1. The maximum atomic E-state index is 10.9. The Kier molecular flexibility index (Phi) is 6.58. The molecule has 0 aliphatic carbocycles. The van der Waals surface area contributed by atoms with E-state index in [4.69, 9.17) is 4.74 Å². The normalized spacial score (nSPS) is 10.7. The number of carbonyl (C=O) groups is 1. The number of benzene rings is 1. The van der Waals surface area contributed by atoms with E-state index in [-0.39, 0.29) is 5.97 Å². The number of hydrogen-bond acceptors (Lipinski definition) is 3. The average Bonchev–Trinajstić information content (AvgIpc) is 2.37. The quantitative estimate of drug-likeness (QED) is 0.351. The second-order valence-corrected chi connectivity index (χ2v) is 4.13. The molecule has 0 N–H and O–H groups in total. The van der Waals surface area contributed by atoms with Gasteiger partial charge in [-0.3, -0.25) is 0 Å². The van der Waals surface area contributed by atoms with Crippen LogP contribution in [0.1, 0.15) is 11.1 Å². The fraction of sp³-hybridized carbons (Fsp3) is 0.308. The summed E-state index contributed by atoms with van der Waals surface area (Å²) >= 11 is 3.30. The van der Waals surface area contributed by atoms with Gasteiger partial charge in [-0.15, -0.1) is 0 Å². The Labute approximate surface area is 110 Å². The van der Waals surface area contributed by atoms with Crippen molar-refractivity contribution in [1.82, 2.24) is 0 Å². The number of rotatable bonds is 6. The first-order chi connectivity index (χ1) is 8.26. The molecule has 0 aromatic heterocycles. The molecule has 0 amide bonds. The summed E-state index contributed by atoms with van der Waals surface area (Å²) in [6, 6.07) is 7.83. The van der Waals surface area contributed by atoms with Crippen LogP contribution in [0.25, 0.3) is 6.08 Å². The SMILES string of the molecule is COC(=O)/C=C/c1ccc(COCCBr)cc1. The Morgan fingerprint density at radius 2 is 2.06 bits per heavy atom. The fourth-order valence-electron chi connectivity index (χ4n) is 1.20.